The minimum Gasteiger partial charge on any atom is -0.207 e. The predicted octanol–water partition coefficient (Wildman–Crippen LogP) is 7.61. The van der Waals surface area contributed by atoms with Crippen LogP contribution in [-0.2, 0) is 12.8 Å². The van der Waals surface area contributed by atoms with Gasteiger partial charge in [0.05, 0.1) is 0 Å². The lowest BCUT2D eigenvalue weighted by Gasteiger charge is -2.27. The predicted molar refractivity (Wildman–Crippen MR) is 110 cm³/mol. The van der Waals surface area contributed by atoms with Gasteiger partial charge >= 0.3 is 0 Å². The van der Waals surface area contributed by atoms with Crippen molar-refractivity contribution in [3.8, 4) is 0 Å². The highest BCUT2D eigenvalue weighted by Gasteiger charge is 2.25. The second-order valence-electron chi connectivity index (χ2n) is 7.87. The highest BCUT2D eigenvalue weighted by Crippen LogP contribution is 2.38. The van der Waals surface area contributed by atoms with E-state index in [0.29, 0.717) is 29.9 Å². The van der Waals surface area contributed by atoms with Crippen LogP contribution in [0.5, 0.6) is 0 Å². The third kappa shape index (κ3) is 4.68. The van der Waals surface area contributed by atoms with E-state index >= 15 is 0 Å². The Kier molecular flexibility index (Phi) is 6.98. The van der Waals surface area contributed by atoms with Crippen molar-refractivity contribution in [1.29, 1.82) is 0 Å². The Morgan fingerprint density at radius 3 is 2.25 bits per heavy atom. The first-order valence-electron chi connectivity index (χ1n) is 10.5. The number of benzene rings is 2. The van der Waals surface area contributed by atoms with Gasteiger partial charge in [-0.2, -0.15) is 0 Å². The Labute approximate surface area is 166 Å². The summed E-state index contributed by atoms with van der Waals surface area (Å²) in [6, 6.07) is 8.89. The van der Waals surface area contributed by atoms with Gasteiger partial charge in [-0.1, -0.05) is 56.7 Å². The number of hydrogen-bond acceptors (Lipinski definition) is 0. The Balaban J connectivity index is 1.62. The Bertz CT molecular complexity index is 830. The molecule has 2 aromatic rings. The van der Waals surface area contributed by atoms with Gasteiger partial charge in [-0.3, -0.25) is 0 Å². The highest BCUT2D eigenvalue weighted by molar-refractivity contribution is 5.50. The standard InChI is InChI=1S/C25H29F3/c1-3-5-21-14-15-22(25(28)24(21)27)20-12-8-17(9-13-20)6-7-18-10-11-19(4-2)23(26)16-18/h6-7,10-11,14-17,20H,3-5,8-9,12-13H2,1-2H3. The Hall–Kier alpha value is -2.03. The molecular weight excluding hydrogens is 357 g/mol. The topological polar surface area (TPSA) is 0 Å². The van der Waals surface area contributed by atoms with Gasteiger partial charge in [-0.25, -0.2) is 13.2 Å². The smallest absolute Gasteiger partial charge is 0.162 e. The number of allylic oxidation sites excluding steroid dienone is 1. The van der Waals surface area contributed by atoms with Crippen molar-refractivity contribution in [3.63, 3.8) is 0 Å². The molecule has 0 atom stereocenters. The lowest BCUT2D eigenvalue weighted by molar-refractivity contribution is 0.364. The summed E-state index contributed by atoms with van der Waals surface area (Å²) in [7, 11) is 0. The molecule has 3 rings (SSSR count). The number of halogens is 3. The fraction of sp³-hybridized carbons (Fsp3) is 0.440. The fourth-order valence-corrected chi connectivity index (χ4v) is 4.21. The molecular formula is C25H29F3. The highest BCUT2D eigenvalue weighted by atomic mass is 19.2. The van der Waals surface area contributed by atoms with E-state index in [-0.39, 0.29) is 11.7 Å². The Morgan fingerprint density at radius 1 is 0.893 bits per heavy atom. The summed E-state index contributed by atoms with van der Waals surface area (Å²) in [6.07, 6.45) is 9.76. The van der Waals surface area contributed by atoms with Crippen molar-refractivity contribution < 1.29 is 13.2 Å². The number of hydrogen-bond donors (Lipinski definition) is 0. The second-order valence-corrected chi connectivity index (χ2v) is 7.87. The van der Waals surface area contributed by atoms with Crippen LogP contribution in [-0.4, -0.2) is 0 Å². The van der Waals surface area contributed by atoms with E-state index in [1.165, 1.54) is 0 Å². The van der Waals surface area contributed by atoms with Gasteiger partial charge in [-0.05, 0) is 78.7 Å². The van der Waals surface area contributed by atoms with Crippen LogP contribution in [0.4, 0.5) is 13.2 Å². The molecule has 0 saturated heterocycles. The lowest BCUT2D eigenvalue weighted by atomic mass is 9.78. The second kappa shape index (κ2) is 9.45. The zero-order valence-electron chi connectivity index (χ0n) is 16.8. The summed E-state index contributed by atoms with van der Waals surface area (Å²) in [4.78, 5) is 0. The maximum absolute atomic E-state index is 14.5. The summed E-state index contributed by atoms with van der Waals surface area (Å²) in [6.45, 7) is 3.91. The van der Waals surface area contributed by atoms with E-state index in [1.807, 2.05) is 32.1 Å². The molecule has 0 N–H and O–H groups in total. The van der Waals surface area contributed by atoms with Gasteiger partial charge in [-0.15, -0.1) is 0 Å². The SMILES string of the molecule is CCCc1ccc(C2CCC(C=Cc3ccc(CC)c(F)c3)CC2)c(F)c1F. The first-order chi connectivity index (χ1) is 13.5. The van der Waals surface area contributed by atoms with Crippen LogP contribution in [0.3, 0.4) is 0 Å². The summed E-state index contributed by atoms with van der Waals surface area (Å²) in [5.74, 6) is -0.999. The molecule has 1 saturated carbocycles. The normalized spacial score (nSPS) is 20.0. The summed E-state index contributed by atoms with van der Waals surface area (Å²) >= 11 is 0. The molecule has 0 bridgehead atoms. The zero-order chi connectivity index (χ0) is 20.1. The van der Waals surface area contributed by atoms with Crippen molar-refractivity contribution in [2.45, 2.75) is 64.7 Å². The third-order valence-electron chi connectivity index (χ3n) is 5.94. The molecule has 0 aromatic heterocycles. The molecule has 2 aromatic carbocycles. The molecule has 1 aliphatic rings. The summed E-state index contributed by atoms with van der Waals surface area (Å²) in [5, 5.41) is 0. The minimum atomic E-state index is -0.668. The van der Waals surface area contributed by atoms with E-state index in [2.05, 4.69) is 6.08 Å². The first-order valence-corrected chi connectivity index (χ1v) is 10.5. The van der Waals surface area contributed by atoms with Crippen LogP contribution in [0.1, 0.15) is 74.1 Å². The van der Waals surface area contributed by atoms with Crippen molar-refractivity contribution in [1.82, 2.24) is 0 Å². The van der Waals surface area contributed by atoms with Gasteiger partial charge < -0.3 is 0 Å². The summed E-state index contributed by atoms with van der Waals surface area (Å²) in [5.41, 5.74) is 2.60. The van der Waals surface area contributed by atoms with Gasteiger partial charge in [0.25, 0.3) is 0 Å². The molecule has 0 radical (unpaired) electrons. The molecule has 1 fully saturated rings. The quantitative estimate of drug-likeness (QED) is 0.479. The van der Waals surface area contributed by atoms with Gasteiger partial charge in [0.15, 0.2) is 11.6 Å². The molecule has 0 aliphatic heterocycles. The molecule has 0 unspecified atom stereocenters. The van der Waals surface area contributed by atoms with Crippen LogP contribution in [0, 0.1) is 23.4 Å². The van der Waals surface area contributed by atoms with E-state index in [0.717, 1.165) is 43.2 Å². The van der Waals surface area contributed by atoms with E-state index in [9.17, 15) is 13.2 Å². The summed E-state index contributed by atoms with van der Waals surface area (Å²) < 4.78 is 42.7. The van der Waals surface area contributed by atoms with Crippen LogP contribution < -0.4 is 0 Å². The van der Waals surface area contributed by atoms with Crippen molar-refractivity contribution >= 4 is 6.08 Å². The average Bonchev–Trinajstić information content (AvgIpc) is 2.71. The third-order valence-corrected chi connectivity index (χ3v) is 5.94. The molecule has 0 spiro atoms. The van der Waals surface area contributed by atoms with Gasteiger partial charge in [0.1, 0.15) is 5.82 Å². The molecule has 0 heterocycles. The lowest BCUT2D eigenvalue weighted by Crippen LogP contribution is -2.14. The van der Waals surface area contributed by atoms with Gasteiger partial charge in [0, 0.05) is 0 Å². The molecule has 0 nitrogen and oxygen atoms in total. The Morgan fingerprint density at radius 2 is 1.61 bits per heavy atom. The van der Waals surface area contributed by atoms with Crippen LogP contribution in [0.2, 0.25) is 0 Å². The average molecular weight is 387 g/mol. The van der Waals surface area contributed by atoms with Crippen molar-refractivity contribution in [3.05, 3.63) is 76.1 Å². The minimum absolute atomic E-state index is 0.0797. The molecule has 28 heavy (non-hydrogen) atoms. The van der Waals surface area contributed by atoms with Gasteiger partial charge in [0.2, 0.25) is 0 Å². The monoisotopic (exact) mass is 386 g/mol. The van der Waals surface area contributed by atoms with E-state index in [4.69, 9.17) is 0 Å². The van der Waals surface area contributed by atoms with Crippen LogP contribution in [0.15, 0.2) is 36.4 Å². The maximum atomic E-state index is 14.5. The zero-order valence-corrected chi connectivity index (χ0v) is 16.8. The fourth-order valence-electron chi connectivity index (χ4n) is 4.21. The van der Waals surface area contributed by atoms with Crippen LogP contribution >= 0.6 is 0 Å². The van der Waals surface area contributed by atoms with Crippen molar-refractivity contribution in [2.75, 3.05) is 0 Å². The van der Waals surface area contributed by atoms with E-state index in [1.54, 1.807) is 18.2 Å². The van der Waals surface area contributed by atoms with E-state index < -0.39 is 11.6 Å². The van der Waals surface area contributed by atoms with Crippen LogP contribution in [0.25, 0.3) is 6.08 Å². The largest absolute Gasteiger partial charge is 0.207 e. The first kappa shape index (κ1) is 20.7. The molecule has 0 amide bonds. The van der Waals surface area contributed by atoms with Crippen molar-refractivity contribution in [2.24, 2.45) is 5.92 Å². The maximum Gasteiger partial charge on any atom is 0.162 e. The molecule has 3 heteroatoms. The number of aryl methyl sites for hydroxylation is 2. The number of rotatable bonds is 6. The molecule has 150 valence electrons. The molecule has 1 aliphatic carbocycles.